The highest BCUT2D eigenvalue weighted by atomic mass is 32.2. The highest BCUT2D eigenvalue weighted by Crippen LogP contribution is 2.16. The molecule has 0 aromatic rings. The molecule has 0 spiro atoms. The molecule has 0 rings (SSSR count). The molecule has 0 aromatic heterocycles. The molecule has 0 radical (unpaired) electrons. The van der Waals surface area contributed by atoms with E-state index < -0.39 is 0 Å². The molecule has 2 heteroatoms. The molecular formula is C8H15NS. The molecule has 10 heavy (non-hydrogen) atoms. The summed E-state index contributed by atoms with van der Waals surface area (Å²) in [4.78, 5) is 0. The summed E-state index contributed by atoms with van der Waals surface area (Å²) in [6.45, 7) is 6.35. The molecule has 0 bridgehead atoms. The first-order valence-electron chi connectivity index (χ1n) is 3.71. The molecule has 0 saturated carbocycles. The number of nitrogens with zero attached hydrogens (tertiary/aromatic N) is 1. The van der Waals surface area contributed by atoms with Gasteiger partial charge in [0.15, 0.2) is 0 Å². The van der Waals surface area contributed by atoms with Gasteiger partial charge in [0.25, 0.3) is 0 Å². The van der Waals surface area contributed by atoms with E-state index in [0.29, 0.717) is 5.25 Å². The molecule has 0 aliphatic carbocycles. The number of rotatable bonds is 4. The second-order valence-electron chi connectivity index (χ2n) is 2.58. The number of nitriles is 1. The maximum Gasteiger partial charge on any atom is 0.0661 e. The van der Waals surface area contributed by atoms with Gasteiger partial charge in [-0.2, -0.15) is 17.0 Å². The second-order valence-corrected chi connectivity index (χ2v) is 4.05. The largest absolute Gasteiger partial charge is 0.198 e. The molecule has 0 fully saturated rings. The van der Waals surface area contributed by atoms with Crippen LogP contribution < -0.4 is 0 Å². The van der Waals surface area contributed by atoms with Crippen LogP contribution in [0, 0.1) is 17.2 Å². The highest BCUT2D eigenvalue weighted by Gasteiger charge is 2.02. The molecule has 0 amide bonds. The fourth-order valence-corrected chi connectivity index (χ4v) is 1.39. The normalized spacial score (nSPS) is 15.8. The van der Waals surface area contributed by atoms with Gasteiger partial charge in [0.05, 0.1) is 12.0 Å². The number of hydrogen-bond acceptors (Lipinski definition) is 2. The Balaban J connectivity index is 3.28. The monoisotopic (exact) mass is 157 g/mol. The molecular weight excluding hydrogens is 142 g/mol. The summed E-state index contributed by atoms with van der Waals surface area (Å²) in [6.07, 6.45) is 1.20. The van der Waals surface area contributed by atoms with Crippen LogP contribution in [0.2, 0.25) is 0 Å². The van der Waals surface area contributed by atoms with E-state index in [0.717, 1.165) is 5.75 Å². The van der Waals surface area contributed by atoms with E-state index in [1.165, 1.54) is 6.42 Å². The average Bonchev–Trinajstić information content (AvgIpc) is 1.99. The molecule has 0 heterocycles. The predicted octanol–water partition coefficient (Wildman–Crippen LogP) is 2.68. The summed E-state index contributed by atoms with van der Waals surface area (Å²) in [5.74, 6) is 1.19. The average molecular weight is 157 g/mol. The summed E-state index contributed by atoms with van der Waals surface area (Å²) < 4.78 is 0. The van der Waals surface area contributed by atoms with Crippen LogP contribution >= 0.6 is 11.8 Å². The minimum Gasteiger partial charge on any atom is -0.198 e. The minimum atomic E-state index is 0.207. The van der Waals surface area contributed by atoms with Gasteiger partial charge in [0.2, 0.25) is 0 Å². The van der Waals surface area contributed by atoms with Crippen molar-refractivity contribution in [2.24, 2.45) is 5.92 Å². The Kier molecular flexibility index (Phi) is 5.52. The maximum atomic E-state index is 8.46. The lowest BCUT2D eigenvalue weighted by atomic mass is 10.3. The summed E-state index contributed by atoms with van der Waals surface area (Å²) in [6, 6.07) is 2.22. The summed E-state index contributed by atoms with van der Waals surface area (Å²) in [5.41, 5.74) is 0. The third-order valence-electron chi connectivity index (χ3n) is 1.43. The van der Waals surface area contributed by atoms with E-state index >= 15 is 0 Å². The van der Waals surface area contributed by atoms with Gasteiger partial charge in [-0.15, -0.1) is 0 Å². The summed E-state index contributed by atoms with van der Waals surface area (Å²) in [7, 11) is 0. The fraction of sp³-hybridized carbons (Fsp3) is 0.875. The molecule has 0 saturated heterocycles. The van der Waals surface area contributed by atoms with E-state index in [1.54, 1.807) is 0 Å². The molecule has 2 unspecified atom stereocenters. The Morgan fingerprint density at radius 1 is 1.50 bits per heavy atom. The summed E-state index contributed by atoms with van der Waals surface area (Å²) in [5, 5.41) is 9.16. The van der Waals surface area contributed by atoms with E-state index in [4.69, 9.17) is 5.26 Å². The van der Waals surface area contributed by atoms with Crippen molar-refractivity contribution in [3.05, 3.63) is 0 Å². The van der Waals surface area contributed by atoms with Gasteiger partial charge in [-0.3, -0.25) is 0 Å². The minimum absolute atomic E-state index is 0.207. The van der Waals surface area contributed by atoms with Crippen LogP contribution in [-0.4, -0.2) is 11.0 Å². The van der Waals surface area contributed by atoms with Crippen molar-refractivity contribution < 1.29 is 0 Å². The first-order valence-corrected chi connectivity index (χ1v) is 4.76. The SMILES string of the molecule is CCC(C)SCC(C)C#N. The van der Waals surface area contributed by atoms with Crippen LogP contribution in [0.25, 0.3) is 0 Å². The van der Waals surface area contributed by atoms with Crippen molar-refractivity contribution in [1.82, 2.24) is 0 Å². The molecule has 0 aromatic carbocycles. The van der Waals surface area contributed by atoms with E-state index in [2.05, 4.69) is 19.9 Å². The van der Waals surface area contributed by atoms with Gasteiger partial charge < -0.3 is 0 Å². The van der Waals surface area contributed by atoms with Crippen LogP contribution in [0.5, 0.6) is 0 Å². The predicted molar refractivity (Wildman–Crippen MR) is 47.0 cm³/mol. The van der Waals surface area contributed by atoms with Crippen molar-refractivity contribution in [2.75, 3.05) is 5.75 Å². The van der Waals surface area contributed by atoms with Gasteiger partial charge in [-0.25, -0.2) is 0 Å². The van der Waals surface area contributed by atoms with E-state index in [1.807, 2.05) is 18.7 Å². The van der Waals surface area contributed by atoms with Crippen molar-refractivity contribution in [2.45, 2.75) is 32.4 Å². The highest BCUT2D eigenvalue weighted by molar-refractivity contribution is 7.99. The van der Waals surface area contributed by atoms with Gasteiger partial charge in [-0.1, -0.05) is 13.8 Å². The van der Waals surface area contributed by atoms with E-state index in [-0.39, 0.29) is 5.92 Å². The zero-order valence-electron chi connectivity index (χ0n) is 6.92. The fourth-order valence-electron chi connectivity index (χ4n) is 0.464. The molecule has 0 N–H and O–H groups in total. The first kappa shape index (κ1) is 9.84. The third-order valence-corrected chi connectivity index (χ3v) is 3.02. The van der Waals surface area contributed by atoms with Crippen molar-refractivity contribution in [3.8, 4) is 6.07 Å². The third kappa shape index (κ3) is 4.69. The maximum absolute atomic E-state index is 8.46. The van der Waals surface area contributed by atoms with Crippen LogP contribution in [0.3, 0.4) is 0 Å². The standard InChI is InChI=1S/C8H15NS/c1-4-8(3)10-6-7(2)5-9/h7-8H,4,6H2,1-3H3. The van der Waals surface area contributed by atoms with Gasteiger partial charge in [0, 0.05) is 11.0 Å². The van der Waals surface area contributed by atoms with Crippen LogP contribution in [0.4, 0.5) is 0 Å². The van der Waals surface area contributed by atoms with Crippen molar-refractivity contribution in [3.63, 3.8) is 0 Å². The van der Waals surface area contributed by atoms with Crippen LogP contribution in [-0.2, 0) is 0 Å². The van der Waals surface area contributed by atoms with Gasteiger partial charge >= 0.3 is 0 Å². The summed E-state index contributed by atoms with van der Waals surface area (Å²) >= 11 is 1.89. The topological polar surface area (TPSA) is 23.8 Å². The zero-order chi connectivity index (χ0) is 7.98. The Morgan fingerprint density at radius 2 is 2.10 bits per heavy atom. The Bertz CT molecular complexity index is 117. The van der Waals surface area contributed by atoms with Gasteiger partial charge in [-0.05, 0) is 13.3 Å². The lowest BCUT2D eigenvalue weighted by molar-refractivity contribution is 0.846. The molecule has 2 atom stereocenters. The second kappa shape index (κ2) is 5.61. The molecule has 58 valence electrons. The number of thioether (sulfide) groups is 1. The molecule has 0 aliphatic heterocycles. The first-order chi connectivity index (χ1) is 4.70. The zero-order valence-corrected chi connectivity index (χ0v) is 7.74. The quantitative estimate of drug-likeness (QED) is 0.626. The van der Waals surface area contributed by atoms with Crippen molar-refractivity contribution in [1.29, 1.82) is 5.26 Å². The van der Waals surface area contributed by atoms with Gasteiger partial charge in [0.1, 0.15) is 0 Å². The smallest absolute Gasteiger partial charge is 0.0661 e. The number of hydrogen-bond donors (Lipinski definition) is 0. The van der Waals surface area contributed by atoms with Crippen molar-refractivity contribution >= 4 is 11.8 Å². The van der Waals surface area contributed by atoms with Crippen LogP contribution in [0.1, 0.15) is 27.2 Å². The van der Waals surface area contributed by atoms with E-state index in [9.17, 15) is 0 Å². The lowest BCUT2D eigenvalue weighted by Crippen LogP contribution is -2.00. The molecule has 0 aliphatic rings. The Labute approximate surface area is 67.8 Å². The molecule has 1 nitrogen and oxygen atoms in total. The van der Waals surface area contributed by atoms with Crippen LogP contribution in [0.15, 0.2) is 0 Å². The Hall–Kier alpha value is -0.160. The lowest BCUT2D eigenvalue weighted by Gasteiger charge is -2.07. The Morgan fingerprint density at radius 3 is 2.50 bits per heavy atom.